The fourth-order valence-corrected chi connectivity index (χ4v) is 2.14. The molecule has 3 aromatic rings. The number of benzene rings is 2. The van der Waals surface area contributed by atoms with Crippen LogP contribution in [0.1, 0.15) is 0 Å². The van der Waals surface area contributed by atoms with Crippen molar-refractivity contribution in [3.8, 4) is 11.5 Å². The predicted octanol–water partition coefficient (Wildman–Crippen LogP) is 4.40. The second kappa shape index (κ2) is 4.98. The second-order valence-electron chi connectivity index (χ2n) is 4.24. The summed E-state index contributed by atoms with van der Waals surface area (Å²) in [5.41, 5.74) is 6.49. The van der Waals surface area contributed by atoms with Crippen molar-refractivity contribution in [2.24, 2.45) is 0 Å². The number of aromatic nitrogens is 1. The van der Waals surface area contributed by atoms with Crippen LogP contribution in [0.15, 0.2) is 48.7 Å². The van der Waals surface area contributed by atoms with Crippen molar-refractivity contribution in [1.29, 1.82) is 0 Å². The highest BCUT2D eigenvalue weighted by molar-refractivity contribution is 6.30. The van der Waals surface area contributed by atoms with E-state index in [0.29, 0.717) is 27.4 Å². The molecule has 0 aliphatic carbocycles. The number of nitrogen functional groups attached to an aromatic ring is 1. The monoisotopic (exact) mass is 288 g/mol. The summed E-state index contributed by atoms with van der Waals surface area (Å²) in [6, 6.07) is 11.5. The van der Waals surface area contributed by atoms with Crippen molar-refractivity contribution in [3.63, 3.8) is 0 Å². The minimum absolute atomic E-state index is 0.0390. The SMILES string of the molecule is Nc1cc(F)c(Oc2cccc(Cl)c2)c2ncccc12. The molecule has 0 amide bonds. The van der Waals surface area contributed by atoms with Gasteiger partial charge in [0.25, 0.3) is 0 Å². The van der Waals surface area contributed by atoms with E-state index in [0.717, 1.165) is 0 Å². The van der Waals surface area contributed by atoms with Crippen molar-refractivity contribution in [2.75, 3.05) is 5.73 Å². The molecule has 0 aliphatic rings. The summed E-state index contributed by atoms with van der Waals surface area (Å²) in [4.78, 5) is 4.14. The number of hydrogen-bond donors (Lipinski definition) is 1. The predicted molar refractivity (Wildman–Crippen MR) is 77.6 cm³/mol. The van der Waals surface area contributed by atoms with Crippen LogP contribution in [0, 0.1) is 5.82 Å². The molecule has 1 aromatic heterocycles. The zero-order valence-electron chi connectivity index (χ0n) is 10.3. The van der Waals surface area contributed by atoms with E-state index in [9.17, 15) is 4.39 Å². The Morgan fingerprint density at radius 3 is 2.80 bits per heavy atom. The summed E-state index contributed by atoms with van der Waals surface area (Å²) in [7, 11) is 0. The Morgan fingerprint density at radius 1 is 1.15 bits per heavy atom. The molecule has 0 atom stereocenters. The average molecular weight is 289 g/mol. The second-order valence-corrected chi connectivity index (χ2v) is 4.67. The van der Waals surface area contributed by atoms with Crippen molar-refractivity contribution in [2.45, 2.75) is 0 Å². The minimum atomic E-state index is -0.561. The summed E-state index contributed by atoms with van der Waals surface area (Å²) in [5, 5.41) is 1.15. The number of anilines is 1. The molecule has 5 heteroatoms. The highest BCUT2D eigenvalue weighted by atomic mass is 35.5. The van der Waals surface area contributed by atoms with Gasteiger partial charge in [-0.1, -0.05) is 17.7 Å². The summed E-state index contributed by atoms with van der Waals surface area (Å²) in [6.45, 7) is 0. The van der Waals surface area contributed by atoms with Crippen LogP contribution < -0.4 is 10.5 Å². The third kappa shape index (κ3) is 2.26. The third-order valence-electron chi connectivity index (χ3n) is 2.85. The molecule has 0 bridgehead atoms. The molecule has 0 saturated heterocycles. The molecule has 0 spiro atoms. The van der Waals surface area contributed by atoms with Crippen molar-refractivity contribution in [3.05, 3.63) is 59.5 Å². The third-order valence-corrected chi connectivity index (χ3v) is 3.08. The van der Waals surface area contributed by atoms with Gasteiger partial charge in [0.1, 0.15) is 11.3 Å². The first kappa shape index (κ1) is 12.7. The summed E-state index contributed by atoms with van der Waals surface area (Å²) in [6.07, 6.45) is 1.56. The molecule has 2 N–H and O–H groups in total. The number of halogens is 2. The van der Waals surface area contributed by atoms with Gasteiger partial charge >= 0.3 is 0 Å². The Balaban J connectivity index is 2.16. The number of hydrogen-bond acceptors (Lipinski definition) is 3. The van der Waals surface area contributed by atoms with Crippen molar-refractivity contribution >= 4 is 28.2 Å². The fraction of sp³-hybridized carbons (Fsp3) is 0. The van der Waals surface area contributed by atoms with E-state index < -0.39 is 5.82 Å². The van der Waals surface area contributed by atoms with E-state index in [1.165, 1.54) is 6.07 Å². The molecule has 3 nitrogen and oxygen atoms in total. The van der Waals surface area contributed by atoms with Gasteiger partial charge in [0.05, 0.1) is 0 Å². The molecule has 0 fully saturated rings. The number of fused-ring (bicyclic) bond motifs is 1. The van der Waals surface area contributed by atoms with Gasteiger partial charge in [0.2, 0.25) is 0 Å². The van der Waals surface area contributed by atoms with Crippen molar-refractivity contribution in [1.82, 2.24) is 4.98 Å². The van der Waals surface area contributed by atoms with E-state index in [1.54, 1.807) is 42.6 Å². The normalized spacial score (nSPS) is 10.7. The molecule has 2 aromatic carbocycles. The maximum Gasteiger partial charge on any atom is 0.189 e. The molecular weight excluding hydrogens is 279 g/mol. The molecule has 0 unspecified atom stereocenters. The first-order valence-corrected chi connectivity index (χ1v) is 6.29. The van der Waals surface area contributed by atoms with Crippen molar-refractivity contribution < 1.29 is 9.13 Å². The lowest BCUT2D eigenvalue weighted by Gasteiger charge is -2.11. The van der Waals surface area contributed by atoms with Crippen LogP contribution in [0.4, 0.5) is 10.1 Å². The molecule has 3 rings (SSSR count). The molecule has 100 valence electrons. The molecule has 0 aliphatic heterocycles. The minimum Gasteiger partial charge on any atom is -0.452 e. The van der Waals surface area contributed by atoms with Gasteiger partial charge in [-0.2, -0.15) is 0 Å². The van der Waals surface area contributed by atoms with E-state index in [-0.39, 0.29) is 5.75 Å². The Labute approximate surface area is 119 Å². The molecule has 1 heterocycles. The fourth-order valence-electron chi connectivity index (χ4n) is 1.96. The summed E-state index contributed by atoms with van der Waals surface area (Å²) >= 11 is 5.88. The van der Waals surface area contributed by atoms with Gasteiger partial charge in [0.15, 0.2) is 11.6 Å². The number of ether oxygens (including phenoxy) is 1. The highest BCUT2D eigenvalue weighted by Crippen LogP contribution is 2.35. The maximum atomic E-state index is 14.1. The maximum absolute atomic E-state index is 14.1. The standard InChI is InChI=1S/C15H10ClFN2O/c16-9-3-1-4-10(7-9)20-15-12(17)8-13(18)11-5-2-6-19-14(11)15/h1-8H,18H2. The van der Waals surface area contributed by atoms with Crippen LogP contribution in [0.3, 0.4) is 0 Å². The largest absolute Gasteiger partial charge is 0.452 e. The molecule has 20 heavy (non-hydrogen) atoms. The Hall–Kier alpha value is -2.33. The van der Waals surface area contributed by atoms with Crippen LogP contribution in [-0.4, -0.2) is 4.98 Å². The Bertz CT molecular complexity index is 792. The lowest BCUT2D eigenvalue weighted by Crippen LogP contribution is -1.96. The number of pyridine rings is 1. The van der Waals surface area contributed by atoms with Gasteiger partial charge in [-0.05, 0) is 30.3 Å². The van der Waals surface area contributed by atoms with Gasteiger partial charge in [-0.25, -0.2) is 4.39 Å². The lowest BCUT2D eigenvalue weighted by molar-refractivity contribution is 0.447. The molecule has 0 radical (unpaired) electrons. The number of rotatable bonds is 2. The van der Waals surface area contributed by atoms with Crippen LogP contribution in [0.25, 0.3) is 10.9 Å². The van der Waals surface area contributed by atoms with E-state index in [4.69, 9.17) is 22.1 Å². The van der Waals surface area contributed by atoms with Crippen LogP contribution in [0.5, 0.6) is 11.5 Å². The van der Waals surface area contributed by atoms with Crippen LogP contribution in [0.2, 0.25) is 5.02 Å². The lowest BCUT2D eigenvalue weighted by atomic mass is 10.1. The van der Waals surface area contributed by atoms with Gasteiger partial charge in [-0.3, -0.25) is 4.98 Å². The topological polar surface area (TPSA) is 48.1 Å². The number of nitrogens with two attached hydrogens (primary N) is 1. The first-order valence-electron chi connectivity index (χ1n) is 5.91. The van der Waals surface area contributed by atoms with Crippen LogP contribution in [-0.2, 0) is 0 Å². The van der Waals surface area contributed by atoms with E-state index in [2.05, 4.69) is 4.98 Å². The quantitative estimate of drug-likeness (QED) is 0.711. The summed E-state index contributed by atoms with van der Waals surface area (Å²) < 4.78 is 19.7. The molecule has 0 saturated carbocycles. The van der Waals surface area contributed by atoms with Crippen LogP contribution >= 0.6 is 11.6 Å². The van der Waals surface area contributed by atoms with Gasteiger partial charge in [-0.15, -0.1) is 0 Å². The molecular formula is C15H10ClFN2O. The van der Waals surface area contributed by atoms with Gasteiger partial charge < -0.3 is 10.5 Å². The van der Waals surface area contributed by atoms with E-state index >= 15 is 0 Å². The van der Waals surface area contributed by atoms with E-state index in [1.807, 2.05) is 0 Å². The zero-order chi connectivity index (χ0) is 14.1. The average Bonchev–Trinajstić information content (AvgIpc) is 2.43. The Kier molecular flexibility index (Phi) is 3.16. The number of nitrogens with zero attached hydrogens (tertiary/aromatic N) is 1. The Morgan fingerprint density at radius 2 is 2.00 bits per heavy atom. The smallest absolute Gasteiger partial charge is 0.189 e. The summed E-state index contributed by atoms with van der Waals surface area (Å²) in [5.74, 6) is -0.0844. The van der Waals surface area contributed by atoms with Gasteiger partial charge in [0, 0.05) is 28.4 Å². The zero-order valence-corrected chi connectivity index (χ0v) is 11.1. The first-order chi connectivity index (χ1) is 9.65. The highest BCUT2D eigenvalue weighted by Gasteiger charge is 2.14.